The van der Waals surface area contributed by atoms with Crippen molar-refractivity contribution in [3.8, 4) is 11.3 Å². The number of esters is 1. The molecule has 0 saturated heterocycles. The van der Waals surface area contributed by atoms with Crippen LogP contribution >= 0.6 is 23.2 Å². The van der Waals surface area contributed by atoms with Gasteiger partial charge in [-0.05, 0) is 30.5 Å². The van der Waals surface area contributed by atoms with Crippen LogP contribution in [0.25, 0.3) is 11.3 Å². The Balaban J connectivity index is 2.26. The standard InChI is InChI=1S/C21H25Cl2N3O3/c1-6-29-20(28)16(9-10-21(2,3)4)24-19(27)17-12-18(26(5)25-17)13-7-8-14(22)15(23)11-13/h7-12,16H,6H2,1-5H3,(H,24,27). The van der Waals surface area contributed by atoms with E-state index in [1.54, 1.807) is 49.0 Å². The summed E-state index contributed by atoms with van der Waals surface area (Å²) < 4.78 is 6.64. The monoisotopic (exact) mass is 437 g/mol. The smallest absolute Gasteiger partial charge is 0.332 e. The molecule has 1 unspecified atom stereocenters. The zero-order valence-electron chi connectivity index (χ0n) is 17.1. The van der Waals surface area contributed by atoms with Crippen molar-refractivity contribution in [1.82, 2.24) is 15.1 Å². The van der Waals surface area contributed by atoms with Crippen LogP contribution < -0.4 is 5.32 Å². The molecule has 0 saturated carbocycles. The first-order valence-corrected chi connectivity index (χ1v) is 9.93. The Hall–Kier alpha value is -2.31. The molecule has 1 aromatic carbocycles. The number of hydrogen-bond donors (Lipinski definition) is 1. The number of amides is 1. The molecule has 0 spiro atoms. The Morgan fingerprint density at radius 2 is 1.93 bits per heavy atom. The number of hydrogen-bond acceptors (Lipinski definition) is 4. The Morgan fingerprint density at radius 1 is 1.24 bits per heavy atom. The number of carbonyl (C=O) groups excluding carboxylic acids is 2. The highest BCUT2D eigenvalue weighted by atomic mass is 35.5. The second kappa shape index (κ2) is 9.46. The number of rotatable bonds is 6. The molecule has 1 amide bonds. The molecular formula is C21H25Cl2N3O3. The number of aromatic nitrogens is 2. The van der Waals surface area contributed by atoms with Crippen molar-refractivity contribution in [3.05, 3.63) is 52.2 Å². The molecule has 0 bridgehead atoms. The molecule has 0 aliphatic carbocycles. The van der Waals surface area contributed by atoms with Crippen LogP contribution in [0.2, 0.25) is 10.0 Å². The zero-order valence-corrected chi connectivity index (χ0v) is 18.6. The summed E-state index contributed by atoms with van der Waals surface area (Å²) in [5.74, 6) is -1.01. The molecule has 8 heteroatoms. The van der Waals surface area contributed by atoms with Crippen molar-refractivity contribution in [2.24, 2.45) is 12.5 Å². The van der Waals surface area contributed by atoms with Gasteiger partial charge < -0.3 is 10.1 Å². The van der Waals surface area contributed by atoms with Crippen LogP contribution in [0.4, 0.5) is 0 Å². The Labute approximate surface area is 180 Å². The summed E-state index contributed by atoms with van der Waals surface area (Å²) in [5, 5.41) is 7.79. The van der Waals surface area contributed by atoms with E-state index in [0.29, 0.717) is 15.7 Å². The number of benzene rings is 1. The van der Waals surface area contributed by atoms with Crippen molar-refractivity contribution in [3.63, 3.8) is 0 Å². The summed E-state index contributed by atoms with van der Waals surface area (Å²) in [4.78, 5) is 25.0. The molecule has 1 N–H and O–H groups in total. The van der Waals surface area contributed by atoms with Crippen LogP contribution in [0.3, 0.4) is 0 Å². The number of allylic oxidation sites excluding steroid dienone is 1. The first kappa shape index (κ1) is 23.0. The average Bonchev–Trinajstić information content (AvgIpc) is 3.02. The molecule has 1 aromatic heterocycles. The van der Waals surface area contributed by atoms with Crippen molar-refractivity contribution < 1.29 is 14.3 Å². The Kier molecular flexibility index (Phi) is 7.49. The molecule has 2 rings (SSSR count). The van der Waals surface area contributed by atoms with Gasteiger partial charge >= 0.3 is 5.97 Å². The molecule has 0 radical (unpaired) electrons. The Bertz CT molecular complexity index is 930. The number of halogens is 2. The molecular weight excluding hydrogens is 413 g/mol. The first-order chi connectivity index (χ1) is 13.5. The van der Waals surface area contributed by atoms with Crippen LogP contribution in [0.1, 0.15) is 38.2 Å². The second-order valence-electron chi connectivity index (χ2n) is 7.60. The molecule has 0 aliphatic heterocycles. The molecule has 2 aromatic rings. The summed E-state index contributed by atoms with van der Waals surface area (Å²) in [5.41, 5.74) is 1.48. The lowest BCUT2D eigenvalue weighted by atomic mass is 9.95. The van der Waals surface area contributed by atoms with E-state index < -0.39 is 17.9 Å². The van der Waals surface area contributed by atoms with Gasteiger partial charge in [-0.1, -0.05) is 62.2 Å². The van der Waals surface area contributed by atoms with Crippen molar-refractivity contribution in [2.75, 3.05) is 6.61 Å². The van der Waals surface area contributed by atoms with E-state index in [1.165, 1.54) is 0 Å². The van der Waals surface area contributed by atoms with Gasteiger partial charge in [0.25, 0.3) is 5.91 Å². The highest BCUT2D eigenvalue weighted by Crippen LogP contribution is 2.28. The molecule has 29 heavy (non-hydrogen) atoms. The summed E-state index contributed by atoms with van der Waals surface area (Å²) in [7, 11) is 1.72. The third-order valence-electron chi connectivity index (χ3n) is 3.94. The lowest BCUT2D eigenvalue weighted by molar-refractivity contribution is -0.144. The minimum Gasteiger partial charge on any atom is -0.464 e. The normalized spacial score (nSPS) is 12.8. The van der Waals surface area contributed by atoms with Gasteiger partial charge in [0.15, 0.2) is 5.69 Å². The summed E-state index contributed by atoms with van der Waals surface area (Å²) in [6.45, 7) is 7.92. The molecule has 1 atom stereocenters. The largest absolute Gasteiger partial charge is 0.464 e. The number of nitrogens with one attached hydrogen (secondary N) is 1. The summed E-state index contributed by atoms with van der Waals surface area (Å²) >= 11 is 12.1. The van der Waals surface area contributed by atoms with E-state index in [2.05, 4.69) is 10.4 Å². The van der Waals surface area contributed by atoms with Gasteiger partial charge in [0.1, 0.15) is 6.04 Å². The third kappa shape index (κ3) is 6.34. The summed E-state index contributed by atoms with van der Waals surface area (Å²) in [6, 6.07) is 5.90. The SMILES string of the molecule is CCOC(=O)C(C=CC(C)(C)C)NC(=O)c1cc(-c2ccc(Cl)c(Cl)c2)n(C)n1. The topological polar surface area (TPSA) is 73.2 Å². The minimum atomic E-state index is -0.905. The maximum absolute atomic E-state index is 12.7. The van der Waals surface area contributed by atoms with Crippen LogP contribution in [0.15, 0.2) is 36.4 Å². The molecule has 1 heterocycles. The zero-order chi connectivity index (χ0) is 21.8. The second-order valence-corrected chi connectivity index (χ2v) is 8.41. The van der Waals surface area contributed by atoms with Gasteiger partial charge in [0, 0.05) is 12.6 Å². The van der Waals surface area contributed by atoms with Gasteiger partial charge in [-0.15, -0.1) is 0 Å². The quantitative estimate of drug-likeness (QED) is 0.526. The van der Waals surface area contributed by atoms with Crippen molar-refractivity contribution in [1.29, 1.82) is 0 Å². The maximum Gasteiger partial charge on any atom is 0.332 e. The molecule has 156 valence electrons. The van der Waals surface area contributed by atoms with Crippen LogP contribution in [-0.4, -0.2) is 34.3 Å². The predicted molar refractivity (Wildman–Crippen MR) is 115 cm³/mol. The lowest BCUT2D eigenvalue weighted by Crippen LogP contribution is -2.41. The number of carbonyl (C=O) groups is 2. The van der Waals surface area contributed by atoms with Crippen molar-refractivity contribution in [2.45, 2.75) is 33.7 Å². The van der Waals surface area contributed by atoms with E-state index in [1.807, 2.05) is 26.8 Å². The number of nitrogens with zero attached hydrogens (tertiary/aromatic N) is 2. The van der Waals surface area contributed by atoms with Gasteiger partial charge in [-0.3, -0.25) is 9.48 Å². The van der Waals surface area contributed by atoms with Crippen LogP contribution in [0.5, 0.6) is 0 Å². The van der Waals surface area contributed by atoms with E-state index in [4.69, 9.17) is 27.9 Å². The van der Waals surface area contributed by atoms with E-state index in [0.717, 1.165) is 5.56 Å². The highest BCUT2D eigenvalue weighted by Gasteiger charge is 2.23. The number of ether oxygens (including phenoxy) is 1. The van der Waals surface area contributed by atoms with Gasteiger partial charge in [0.2, 0.25) is 0 Å². The van der Waals surface area contributed by atoms with E-state index in [-0.39, 0.29) is 17.7 Å². The maximum atomic E-state index is 12.7. The summed E-state index contributed by atoms with van der Waals surface area (Å²) in [6.07, 6.45) is 3.49. The minimum absolute atomic E-state index is 0.151. The van der Waals surface area contributed by atoms with Gasteiger partial charge in [-0.25, -0.2) is 4.79 Å². The molecule has 0 fully saturated rings. The van der Waals surface area contributed by atoms with Gasteiger partial charge in [-0.2, -0.15) is 5.10 Å². The highest BCUT2D eigenvalue weighted by molar-refractivity contribution is 6.42. The fourth-order valence-corrected chi connectivity index (χ4v) is 2.82. The molecule has 6 nitrogen and oxygen atoms in total. The fraction of sp³-hybridized carbons (Fsp3) is 0.381. The average molecular weight is 438 g/mol. The van der Waals surface area contributed by atoms with E-state index >= 15 is 0 Å². The number of aryl methyl sites for hydroxylation is 1. The van der Waals surface area contributed by atoms with Crippen LogP contribution in [-0.2, 0) is 16.6 Å². The molecule has 0 aliphatic rings. The third-order valence-corrected chi connectivity index (χ3v) is 4.68. The first-order valence-electron chi connectivity index (χ1n) is 9.18. The lowest BCUT2D eigenvalue weighted by Gasteiger charge is -2.16. The predicted octanol–water partition coefficient (Wildman–Crippen LogP) is 4.66. The van der Waals surface area contributed by atoms with Crippen LogP contribution in [0, 0.1) is 5.41 Å². The van der Waals surface area contributed by atoms with Gasteiger partial charge in [0.05, 0.1) is 22.3 Å². The fourth-order valence-electron chi connectivity index (χ4n) is 2.52. The Morgan fingerprint density at radius 3 is 2.52 bits per heavy atom. The van der Waals surface area contributed by atoms with Crippen molar-refractivity contribution >= 4 is 35.1 Å². The van der Waals surface area contributed by atoms with E-state index in [9.17, 15) is 9.59 Å².